The lowest BCUT2D eigenvalue weighted by atomic mass is 10.1. The number of nitrogens with zero attached hydrogens (tertiary/aromatic N) is 3. The first-order valence-corrected chi connectivity index (χ1v) is 12.4. The third kappa shape index (κ3) is 2.87. The molecule has 8 aromatic rings. The van der Waals surface area contributed by atoms with Crippen LogP contribution in [0.25, 0.3) is 66.8 Å². The second kappa shape index (κ2) is 7.70. The summed E-state index contributed by atoms with van der Waals surface area (Å²) in [6.45, 7) is 0. The molecular weight excluding hydrogens is 454 g/mol. The van der Waals surface area contributed by atoms with Gasteiger partial charge in [-0.2, -0.15) is 0 Å². The minimum absolute atomic E-state index is 0.870. The first kappa shape index (κ1) is 20.1. The van der Waals surface area contributed by atoms with Crippen molar-refractivity contribution in [2.75, 3.05) is 0 Å². The number of fused-ring (bicyclic) bond motifs is 7. The van der Waals surface area contributed by atoms with Crippen LogP contribution in [0, 0.1) is 0 Å². The molecule has 174 valence electrons. The maximum Gasteiger partial charge on any atom is 0.163 e. The fourth-order valence-corrected chi connectivity index (χ4v) is 5.57. The molecule has 0 aliphatic carbocycles. The quantitative estimate of drug-likeness (QED) is 0.257. The maximum atomic E-state index is 6.56. The predicted molar refractivity (Wildman–Crippen MR) is 151 cm³/mol. The van der Waals surface area contributed by atoms with Gasteiger partial charge < -0.3 is 4.42 Å². The first-order valence-electron chi connectivity index (χ1n) is 12.4. The van der Waals surface area contributed by atoms with E-state index in [1.807, 2.05) is 30.3 Å². The van der Waals surface area contributed by atoms with Crippen molar-refractivity contribution in [3.63, 3.8) is 0 Å². The van der Waals surface area contributed by atoms with E-state index in [-0.39, 0.29) is 0 Å². The smallest absolute Gasteiger partial charge is 0.163 e. The lowest BCUT2D eigenvalue weighted by molar-refractivity contribution is 0.673. The van der Waals surface area contributed by atoms with Crippen molar-refractivity contribution in [3.05, 3.63) is 127 Å². The average Bonchev–Trinajstić information content (AvgIpc) is 3.60. The standard InChI is InChI=1S/C33H21N3O/c1-3-12-22(13-4-1)26-18-11-21-29(34-26)36-27-19-9-7-16-24(27)30-32-31(25-17-8-10-20-28(25)37-32)35(33(30)36)23-14-5-2-6-15-23/h1-21H. The van der Waals surface area contributed by atoms with E-state index in [0.29, 0.717) is 0 Å². The molecule has 37 heavy (non-hydrogen) atoms. The summed E-state index contributed by atoms with van der Waals surface area (Å²) in [5, 5.41) is 3.33. The Kier molecular flexibility index (Phi) is 4.19. The Balaban J connectivity index is 1.57. The Labute approximate surface area is 212 Å². The molecule has 0 saturated heterocycles. The molecule has 0 bridgehead atoms. The second-order valence-corrected chi connectivity index (χ2v) is 9.25. The fourth-order valence-electron chi connectivity index (χ4n) is 5.57. The summed E-state index contributed by atoms with van der Waals surface area (Å²) in [6, 6.07) is 43.9. The molecule has 0 saturated carbocycles. The predicted octanol–water partition coefficient (Wildman–Crippen LogP) is 8.54. The van der Waals surface area contributed by atoms with Gasteiger partial charge in [-0.1, -0.05) is 84.9 Å². The summed E-state index contributed by atoms with van der Waals surface area (Å²) >= 11 is 0. The van der Waals surface area contributed by atoms with Gasteiger partial charge in [0, 0.05) is 22.0 Å². The van der Waals surface area contributed by atoms with Crippen LogP contribution in [-0.4, -0.2) is 14.1 Å². The third-order valence-corrected chi connectivity index (χ3v) is 7.13. The van der Waals surface area contributed by atoms with Gasteiger partial charge in [-0.05, 0) is 42.5 Å². The molecule has 0 aliphatic rings. The van der Waals surface area contributed by atoms with Gasteiger partial charge in [0.2, 0.25) is 0 Å². The molecule has 0 spiro atoms. The molecule has 4 aromatic heterocycles. The lowest BCUT2D eigenvalue weighted by Gasteiger charge is -2.13. The van der Waals surface area contributed by atoms with E-state index in [1.165, 1.54) is 0 Å². The molecule has 8 rings (SSSR count). The van der Waals surface area contributed by atoms with Crippen LogP contribution in [0.4, 0.5) is 0 Å². The number of pyridine rings is 1. The van der Waals surface area contributed by atoms with Crippen LogP contribution in [0.15, 0.2) is 132 Å². The van der Waals surface area contributed by atoms with E-state index in [9.17, 15) is 0 Å². The van der Waals surface area contributed by atoms with Crippen LogP contribution in [0.3, 0.4) is 0 Å². The topological polar surface area (TPSA) is 35.9 Å². The zero-order valence-corrected chi connectivity index (χ0v) is 19.9. The highest BCUT2D eigenvalue weighted by Crippen LogP contribution is 2.44. The van der Waals surface area contributed by atoms with Crippen LogP contribution >= 0.6 is 0 Å². The minimum atomic E-state index is 0.870. The van der Waals surface area contributed by atoms with E-state index >= 15 is 0 Å². The third-order valence-electron chi connectivity index (χ3n) is 7.13. The average molecular weight is 476 g/mol. The zero-order chi connectivity index (χ0) is 24.3. The minimum Gasteiger partial charge on any atom is -0.454 e. The van der Waals surface area contributed by atoms with E-state index in [2.05, 4.69) is 106 Å². The number of hydrogen-bond acceptors (Lipinski definition) is 2. The molecule has 4 nitrogen and oxygen atoms in total. The maximum absolute atomic E-state index is 6.56. The van der Waals surface area contributed by atoms with Crippen LogP contribution in [0.5, 0.6) is 0 Å². The highest BCUT2D eigenvalue weighted by Gasteiger charge is 2.26. The molecule has 4 heteroatoms. The normalized spacial score (nSPS) is 11.8. The van der Waals surface area contributed by atoms with Crippen LogP contribution in [-0.2, 0) is 0 Å². The molecule has 4 heterocycles. The van der Waals surface area contributed by atoms with Crippen LogP contribution < -0.4 is 0 Å². The molecule has 0 N–H and O–H groups in total. The van der Waals surface area contributed by atoms with Gasteiger partial charge >= 0.3 is 0 Å². The number of hydrogen-bond donors (Lipinski definition) is 0. The SMILES string of the molecule is c1ccc(-c2cccc(-n3c4ccccc4c4c5oc6ccccc6c5n(-c5ccccc5)c43)n2)cc1. The molecule has 0 atom stereocenters. The van der Waals surface area contributed by atoms with Crippen LogP contribution in [0.1, 0.15) is 0 Å². The number of rotatable bonds is 3. The van der Waals surface area contributed by atoms with Gasteiger partial charge in [-0.25, -0.2) is 4.98 Å². The molecule has 0 radical (unpaired) electrons. The van der Waals surface area contributed by atoms with E-state index in [1.54, 1.807) is 0 Å². The Morgan fingerprint density at radius 1 is 0.568 bits per heavy atom. The monoisotopic (exact) mass is 475 g/mol. The Bertz CT molecular complexity index is 2080. The van der Waals surface area contributed by atoms with Gasteiger partial charge in [-0.15, -0.1) is 0 Å². The second-order valence-electron chi connectivity index (χ2n) is 9.25. The Hall–Kier alpha value is -5.09. The van der Waals surface area contributed by atoms with Crippen molar-refractivity contribution in [2.45, 2.75) is 0 Å². The van der Waals surface area contributed by atoms with E-state index < -0.39 is 0 Å². The van der Waals surface area contributed by atoms with Crippen LogP contribution in [0.2, 0.25) is 0 Å². The largest absolute Gasteiger partial charge is 0.454 e. The first-order chi connectivity index (χ1) is 18.4. The van der Waals surface area contributed by atoms with Crippen molar-refractivity contribution in [2.24, 2.45) is 0 Å². The van der Waals surface area contributed by atoms with Crippen molar-refractivity contribution in [1.29, 1.82) is 0 Å². The van der Waals surface area contributed by atoms with Gasteiger partial charge in [0.15, 0.2) is 5.58 Å². The van der Waals surface area contributed by atoms with Crippen molar-refractivity contribution >= 4 is 44.0 Å². The Morgan fingerprint density at radius 3 is 2.11 bits per heavy atom. The summed E-state index contributed by atoms with van der Waals surface area (Å²) in [4.78, 5) is 5.16. The molecule has 0 fully saturated rings. The molecule has 0 aliphatic heterocycles. The number of para-hydroxylation sites is 3. The molecule has 0 unspecified atom stereocenters. The van der Waals surface area contributed by atoms with E-state index in [0.717, 1.165) is 66.8 Å². The van der Waals surface area contributed by atoms with Gasteiger partial charge in [0.05, 0.1) is 16.6 Å². The van der Waals surface area contributed by atoms with Crippen molar-refractivity contribution < 1.29 is 4.42 Å². The summed E-state index contributed by atoms with van der Waals surface area (Å²) in [5.41, 5.74) is 8.12. The fraction of sp³-hybridized carbons (Fsp3) is 0. The number of aromatic nitrogens is 3. The summed E-state index contributed by atoms with van der Waals surface area (Å²) in [5.74, 6) is 0.870. The molecular formula is C33H21N3O. The van der Waals surface area contributed by atoms with Gasteiger partial charge in [-0.3, -0.25) is 9.13 Å². The van der Waals surface area contributed by atoms with Crippen molar-refractivity contribution in [1.82, 2.24) is 14.1 Å². The summed E-state index contributed by atoms with van der Waals surface area (Å²) in [6.07, 6.45) is 0. The number of benzene rings is 4. The molecule has 0 amide bonds. The lowest BCUT2D eigenvalue weighted by Crippen LogP contribution is -2.03. The Morgan fingerprint density at radius 2 is 1.27 bits per heavy atom. The number of furan rings is 1. The molecule has 4 aromatic carbocycles. The highest BCUT2D eigenvalue weighted by molar-refractivity contribution is 6.25. The van der Waals surface area contributed by atoms with Gasteiger partial charge in [0.25, 0.3) is 0 Å². The van der Waals surface area contributed by atoms with E-state index in [4.69, 9.17) is 9.40 Å². The summed E-state index contributed by atoms with van der Waals surface area (Å²) in [7, 11) is 0. The van der Waals surface area contributed by atoms with Gasteiger partial charge in [0.1, 0.15) is 22.6 Å². The van der Waals surface area contributed by atoms with Crippen molar-refractivity contribution in [3.8, 4) is 22.8 Å². The summed E-state index contributed by atoms with van der Waals surface area (Å²) < 4.78 is 11.2. The highest BCUT2D eigenvalue weighted by atomic mass is 16.3. The zero-order valence-electron chi connectivity index (χ0n) is 19.9.